The number of aromatic nitrogens is 1. The number of hydrogen-bond acceptors (Lipinski definition) is 2. The Bertz CT molecular complexity index is 341. The summed E-state index contributed by atoms with van der Waals surface area (Å²) in [7, 11) is 0. The molecule has 15 heavy (non-hydrogen) atoms. The molecule has 0 saturated heterocycles. The number of nitrogens with one attached hydrogen (secondary N) is 2. The topological polar surface area (TPSA) is 37.0 Å². The molecule has 0 aromatic carbocycles. The number of rotatable bonds is 3. The first-order chi connectivity index (χ1) is 7.09. The number of thiocarbonyl (C=S) groups is 1. The van der Waals surface area contributed by atoms with Crippen LogP contribution in [0.3, 0.4) is 0 Å². The van der Waals surface area contributed by atoms with Crippen molar-refractivity contribution >= 4 is 34.6 Å². The van der Waals surface area contributed by atoms with Gasteiger partial charge in [0.25, 0.3) is 0 Å². The van der Waals surface area contributed by atoms with Crippen molar-refractivity contribution in [1.82, 2.24) is 10.3 Å². The molecular formula is C10H14ClN3S. The van der Waals surface area contributed by atoms with Crippen molar-refractivity contribution in [2.24, 2.45) is 5.92 Å². The fraction of sp³-hybridized carbons (Fsp3) is 0.400. The van der Waals surface area contributed by atoms with Gasteiger partial charge in [-0.1, -0.05) is 25.4 Å². The summed E-state index contributed by atoms with van der Waals surface area (Å²) in [6, 6.07) is 3.64. The lowest BCUT2D eigenvalue weighted by molar-refractivity contribution is 0.627. The van der Waals surface area contributed by atoms with Gasteiger partial charge in [0.2, 0.25) is 0 Å². The van der Waals surface area contributed by atoms with Gasteiger partial charge < -0.3 is 10.6 Å². The smallest absolute Gasteiger partial charge is 0.170 e. The van der Waals surface area contributed by atoms with Gasteiger partial charge in [-0.2, -0.15) is 0 Å². The summed E-state index contributed by atoms with van der Waals surface area (Å²) in [6.07, 6.45) is 1.64. The molecule has 1 heterocycles. The van der Waals surface area contributed by atoms with Crippen molar-refractivity contribution in [2.75, 3.05) is 11.9 Å². The van der Waals surface area contributed by atoms with E-state index in [4.69, 9.17) is 23.8 Å². The minimum absolute atomic E-state index is 0.422. The summed E-state index contributed by atoms with van der Waals surface area (Å²) in [5.41, 5.74) is 0.723. The molecular weight excluding hydrogens is 230 g/mol. The summed E-state index contributed by atoms with van der Waals surface area (Å²) < 4.78 is 0. The van der Waals surface area contributed by atoms with Crippen LogP contribution in [-0.4, -0.2) is 16.6 Å². The number of anilines is 1. The molecule has 0 radical (unpaired) electrons. The van der Waals surface area contributed by atoms with E-state index in [9.17, 15) is 0 Å². The lowest BCUT2D eigenvalue weighted by atomic mass is 10.2. The summed E-state index contributed by atoms with van der Waals surface area (Å²) in [5.74, 6) is 0.550. The van der Waals surface area contributed by atoms with Gasteiger partial charge in [-0.15, -0.1) is 0 Å². The second kappa shape index (κ2) is 5.88. The van der Waals surface area contributed by atoms with Crippen LogP contribution >= 0.6 is 23.8 Å². The van der Waals surface area contributed by atoms with Gasteiger partial charge in [0.1, 0.15) is 0 Å². The molecule has 1 aromatic rings. The predicted molar refractivity (Wildman–Crippen MR) is 68.3 cm³/mol. The van der Waals surface area contributed by atoms with Crippen molar-refractivity contribution < 1.29 is 0 Å². The number of nitrogens with zero attached hydrogens (tertiary/aromatic N) is 1. The molecule has 0 aliphatic rings. The van der Waals surface area contributed by atoms with Crippen molar-refractivity contribution in [1.29, 1.82) is 0 Å². The first kappa shape index (κ1) is 12.2. The van der Waals surface area contributed by atoms with Crippen molar-refractivity contribution in [3.63, 3.8) is 0 Å². The summed E-state index contributed by atoms with van der Waals surface area (Å²) >= 11 is 11.0. The average Bonchev–Trinajstić information content (AvgIpc) is 2.18. The monoisotopic (exact) mass is 243 g/mol. The third kappa shape index (κ3) is 4.44. The minimum atomic E-state index is 0.422. The van der Waals surface area contributed by atoms with E-state index in [1.54, 1.807) is 12.3 Å². The molecule has 1 rings (SSSR count). The summed E-state index contributed by atoms with van der Waals surface area (Å²) in [6.45, 7) is 5.07. The second-order valence-corrected chi connectivity index (χ2v) is 4.34. The van der Waals surface area contributed by atoms with E-state index in [-0.39, 0.29) is 0 Å². The van der Waals surface area contributed by atoms with Crippen LogP contribution in [0.4, 0.5) is 5.69 Å². The molecule has 5 heteroatoms. The Morgan fingerprint density at radius 3 is 2.93 bits per heavy atom. The van der Waals surface area contributed by atoms with E-state index in [0.717, 1.165) is 12.2 Å². The maximum absolute atomic E-state index is 5.87. The van der Waals surface area contributed by atoms with Crippen LogP contribution in [0.1, 0.15) is 13.8 Å². The molecule has 0 spiro atoms. The maximum Gasteiger partial charge on any atom is 0.170 e. The lowest BCUT2D eigenvalue weighted by Crippen LogP contribution is -2.31. The fourth-order valence-corrected chi connectivity index (χ4v) is 1.30. The van der Waals surface area contributed by atoms with Gasteiger partial charge in [0, 0.05) is 12.7 Å². The highest BCUT2D eigenvalue weighted by Gasteiger charge is 2.02. The molecule has 0 saturated carbocycles. The van der Waals surface area contributed by atoms with Crippen molar-refractivity contribution in [3.8, 4) is 0 Å². The van der Waals surface area contributed by atoms with Crippen molar-refractivity contribution in [2.45, 2.75) is 13.8 Å². The van der Waals surface area contributed by atoms with E-state index in [1.165, 1.54) is 0 Å². The minimum Gasteiger partial charge on any atom is -0.362 e. The Hall–Kier alpha value is -0.870. The van der Waals surface area contributed by atoms with E-state index in [1.807, 2.05) is 6.07 Å². The van der Waals surface area contributed by atoms with Crippen LogP contribution in [0.15, 0.2) is 18.3 Å². The molecule has 0 aliphatic heterocycles. The number of pyridine rings is 1. The molecule has 0 fully saturated rings. The molecule has 0 bridgehead atoms. The third-order valence-electron chi connectivity index (χ3n) is 1.68. The van der Waals surface area contributed by atoms with Gasteiger partial charge in [-0.05, 0) is 30.3 Å². The van der Waals surface area contributed by atoms with Crippen LogP contribution in [0.2, 0.25) is 5.15 Å². The highest BCUT2D eigenvalue weighted by atomic mass is 35.5. The quantitative estimate of drug-likeness (QED) is 0.632. The molecule has 1 aromatic heterocycles. The van der Waals surface area contributed by atoms with Gasteiger partial charge in [-0.25, -0.2) is 4.98 Å². The van der Waals surface area contributed by atoms with E-state index >= 15 is 0 Å². The van der Waals surface area contributed by atoms with E-state index in [2.05, 4.69) is 29.5 Å². The van der Waals surface area contributed by atoms with Crippen LogP contribution in [0.25, 0.3) is 0 Å². The average molecular weight is 244 g/mol. The van der Waals surface area contributed by atoms with Crippen LogP contribution in [0.5, 0.6) is 0 Å². The first-order valence-electron chi connectivity index (χ1n) is 4.75. The first-order valence-corrected chi connectivity index (χ1v) is 5.53. The van der Waals surface area contributed by atoms with Crippen LogP contribution < -0.4 is 10.6 Å². The maximum atomic E-state index is 5.87. The summed E-state index contributed by atoms with van der Waals surface area (Å²) in [4.78, 5) is 3.94. The SMILES string of the molecule is CC(C)CNC(=S)Nc1cccnc1Cl. The van der Waals surface area contributed by atoms with Gasteiger partial charge in [-0.3, -0.25) is 0 Å². The standard InChI is InChI=1S/C10H14ClN3S/c1-7(2)6-13-10(15)14-8-4-3-5-12-9(8)11/h3-5,7H,6H2,1-2H3,(H2,13,14,15). The molecule has 0 aliphatic carbocycles. The molecule has 82 valence electrons. The number of halogens is 1. The normalized spacial score (nSPS) is 10.1. The number of hydrogen-bond donors (Lipinski definition) is 2. The zero-order valence-electron chi connectivity index (χ0n) is 8.75. The molecule has 2 N–H and O–H groups in total. The third-order valence-corrected chi connectivity index (χ3v) is 2.23. The molecule has 0 atom stereocenters. The summed E-state index contributed by atoms with van der Waals surface area (Å²) in [5, 5.41) is 7.07. The Balaban J connectivity index is 2.48. The predicted octanol–water partition coefficient (Wildman–Crippen LogP) is 2.68. The van der Waals surface area contributed by atoms with Gasteiger partial charge in [0.15, 0.2) is 10.3 Å². The van der Waals surface area contributed by atoms with Crippen molar-refractivity contribution in [3.05, 3.63) is 23.5 Å². The Kier molecular flexibility index (Phi) is 4.78. The largest absolute Gasteiger partial charge is 0.362 e. The van der Waals surface area contributed by atoms with Gasteiger partial charge in [0.05, 0.1) is 5.69 Å². The van der Waals surface area contributed by atoms with Gasteiger partial charge >= 0.3 is 0 Å². The van der Waals surface area contributed by atoms with Crippen LogP contribution in [0, 0.1) is 5.92 Å². The van der Waals surface area contributed by atoms with E-state index in [0.29, 0.717) is 16.2 Å². The highest BCUT2D eigenvalue weighted by Crippen LogP contribution is 2.16. The highest BCUT2D eigenvalue weighted by molar-refractivity contribution is 7.80. The zero-order chi connectivity index (χ0) is 11.3. The molecule has 0 amide bonds. The van der Waals surface area contributed by atoms with E-state index < -0.39 is 0 Å². The fourth-order valence-electron chi connectivity index (χ4n) is 0.943. The molecule has 3 nitrogen and oxygen atoms in total. The second-order valence-electron chi connectivity index (χ2n) is 3.57. The Morgan fingerprint density at radius 2 is 2.33 bits per heavy atom. The Morgan fingerprint density at radius 1 is 1.60 bits per heavy atom. The lowest BCUT2D eigenvalue weighted by Gasteiger charge is -2.12. The zero-order valence-corrected chi connectivity index (χ0v) is 10.3. The molecule has 0 unspecified atom stereocenters. The van der Waals surface area contributed by atoms with Crippen LogP contribution in [-0.2, 0) is 0 Å². The Labute approximate surface area is 100 Å².